The van der Waals surface area contributed by atoms with Crippen LogP contribution in [0.15, 0.2) is 0 Å². The lowest BCUT2D eigenvalue weighted by Crippen LogP contribution is -2.36. The lowest BCUT2D eigenvalue weighted by Gasteiger charge is -2.11. The standard InChI is InChI=1S/2C6H13NO2.2C5H11NO2.2C3H7NO3/c2*1-3-4(2)5(7)6(8)9;2*1-3(2)4(6)5(7)8;2*4-2(1-5)3(6)7/h2*4-5H,3,7H2,1-2H3,(H,8,9);2*3-4H,6H2,1-2H3,(H,7,8);2*2,5H,1,4H2,(H,6,7)/t2*4-,5-;2*4-;2-;/m10100./s1. The Morgan fingerprint density at radius 1 is 0.417 bits per heavy atom. The first-order valence-electron chi connectivity index (χ1n) is 14.8. The predicted octanol–water partition coefficient (Wildman–Crippen LogP) is -2.22. The Morgan fingerprint density at radius 2 is 0.604 bits per heavy atom. The van der Waals surface area contributed by atoms with E-state index < -0.39 is 85.3 Å². The summed E-state index contributed by atoms with van der Waals surface area (Å²) in [7, 11) is 0. The van der Waals surface area contributed by atoms with Crippen molar-refractivity contribution in [1.82, 2.24) is 0 Å². The Balaban J connectivity index is -0.000000111. The van der Waals surface area contributed by atoms with E-state index in [1.807, 2.05) is 27.7 Å². The molecule has 0 saturated carbocycles. The van der Waals surface area contributed by atoms with Crippen LogP contribution in [0.1, 0.15) is 68.2 Å². The van der Waals surface area contributed by atoms with E-state index in [4.69, 9.17) is 75.3 Å². The minimum Gasteiger partial charge on any atom is -0.480 e. The van der Waals surface area contributed by atoms with Crippen LogP contribution in [0.5, 0.6) is 0 Å². The van der Waals surface area contributed by atoms with Gasteiger partial charge in [-0.1, -0.05) is 68.2 Å². The summed E-state index contributed by atoms with van der Waals surface area (Å²) in [4.78, 5) is 59.7. The third-order valence-corrected chi connectivity index (χ3v) is 6.12. The molecule has 0 aromatic heterocycles. The zero-order chi connectivity index (χ0) is 40.1. The molecule has 0 fully saturated rings. The molecule has 20 N–H and O–H groups in total. The molecule has 0 aliphatic carbocycles. The van der Waals surface area contributed by atoms with Crippen LogP contribution in [0.25, 0.3) is 0 Å². The molecule has 0 amide bonds. The van der Waals surface area contributed by atoms with Crippen molar-refractivity contribution in [3.8, 4) is 0 Å². The Labute approximate surface area is 281 Å². The number of carbonyl (C=O) groups is 6. The maximum Gasteiger partial charge on any atom is 0.322 e. The Morgan fingerprint density at radius 3 is 0.625 bits per heavy atom. The molecule has 8 atom stereocenters. The van der Waals surface area contributed by atoms with Crippen molar-refractivity contribution in [2.24, 2.45) is 58.1 Å². The average molecular weight is 707 g/mol. The van der Waals surface area contributed by atoms with Gasteiger partial charge in [0, 0.05) is 0 Å². The third-order valence-electron chi connectivity index (χ3n) is 6.12. The van der Waals surface area contributed by atoms with E-state index >= 15 is 0 Å². The van der Waals surface area contributed by atoms with E-state index in [0.717, 1.165) is 12.8 Å². The summed E-state index contributed by atoms with van der Waals surface area (Å²) < 4.78 is 0. The molecule has 0 saturated heterocycles. The van der Waals surface area contributed by atoms with Gasteiger partial charge in [-0.25, -0.2) is 0 Å². The van der Waals surface area contributed by atoms with Gasteiger partial charge < -0.3 is 75.3 Å². The first-order chi connectivity index (χ1) is 21.7. The van der Waals surface area contributed by atoms with Gasteiger partial charge in [-0.05, 0) is 23.7 Å². The van der Waals surface area contributed by atoms with Gasteiger partial charge >= 0.3 is 35.8 Å². The van der Waals surface area contributed by atoms with Gasteiger partial charge in [0.25, 0.3) is 0 Å². The zero-order valence-electron chi connectivity index (χ0n) is 29.1. The van der Waals surface area contributed by atoms with Crippen molar-refractivity contribution in [3.63, 3.8) is 0 Å². The summed E-state index contributed by atoms with van der Waals surface area (Å²) in [6.07, 6.45) is 1.63. The van der Waals surface area contributed by atoms with Gasteiger partial charge in [-0.2, -0.15) is 0 Å². The summed E-state index contributed by atoms with van der Waals surface area (Å²) in [6.45, 7) is 13.6. The molecule has 48 heavy (non-hydrogen) atoms. The number of carboxylic acid groups (broad SMARTS) is 6. The van der Waals surface area contributed by atoms with Crippen molar-refractivity contribution >= 4 is 35.8 Å². The first-order valence-corrected chi connectivity index (χ1v) is 14.8. The van der Waals surface area contributed by atoms with Crippen molar-refractivity contribution in [2.75, 3.05) is 13.2 Å². The van der Waals surface area contributed by atoms with Crippen molar-refractivity contribution in [2.45, 2.75) is 104 Å². The lowest BCUT2D eigenvalue weighted by atomic mass is 10.0. The van der Waals surface area contributed by atoms with E-state index in [1.54, 1.807) is 27.7 Å². The van der Waals surface area contributed by atoms with Crippen LogP contribution in [0.2, 0.25) is 0 Å². The fraction of sp³-hybridized carbons (Fsp3) is 0.786. The zero-order valence-corrected chi connectivity index (χ0v) is 29.1. The highest BCUT2D eigenvalue weighted by molar-refractivity contribution is 5.75. The van der Waals surface area contributed by atoms with Gasteiger partial charge in [-0.15, -0.1) is 0 Å². The second-order valence-electron chi connectivity index (χ2n) is 11.0. The van der Waals surface area contributed by atoms with Gasteiger partial charge in [0.1, 0.15) is 36.3 Å². The topological polar surface area (TPSA) is 420 Å². The molecular formula is C28H62N6O14. The normalized spacial score (nSPS) is 14.9. The summed E-state index contributed by atoms with van der Waals surface area (Å²) in [6, 6.07) is -5.07. The maximum atomic E-state index is 10.2. The quantitative estimate of drug-likeness (QED) is 0.0909. The molecule has 0 radical (unpaired) electrons. The Kier molecular flexibility index (Phi) is 39.5. The molecule has 1 unspecified atom stereocenters. The predicted molar refractivity (Wildman–Crippen MR) is 176 cm³/mol. The van der Waals surface area contributed by atoms with Gasteiger partial charge in [0.05, 0.1) is 13.2 Å². The second-order valence-corrected chi connectivity index (χ2v) is 11.0. The van der Waals surface area contributed by atoms with Crippen LogP contribution in [0.4, 0.5) is 0 Å². The van der Waals surface area contributed by atoms with E-state index in [2.05, 4.69) is 0 Å². The molecule has 20 heteroatoms. The maximum absolute atomic E-state index is 10.2. The number of hydrogen-bond donors (Lipinski definition) is 14. The van der Waals surface area contributed by atoms with Gasteiger partial charge in [-0.3, -0.25) is 28.8 Å². The highest BCUT2D eigenvalue weighted by atomic mass is 16.4. The largest absolute Gasteiger partial charge is 0.480 e. The van der Waals surface area contributed by atoms with Crippen LogP contribution < -0.4 is 34.4 Å². The summed E-state index contributed by atoms with van der Waals surface area (Å²) in [5, 5.41) is 65.0. The Bertz CT molecular complexity index is 825. The van der Waals surface area contributed by atoms with Gasteiger partial charge in [0.15, 0.2) is 0 Å². The molecular weight excluding hydrogens is 644 g/mol. The van der Waals surface area contributed by atoms with E-state index in [-0.39, 0.29) is 23.7 Å². The molecule has 288 valence electrons. The molecule has 0 rings (SSSR count). The number of nitrogens with two attached hydrogens (primary N) is 6. The third kappa shape index (κ3) is 37.0. The van der Waals surface area contributed by atoms with Crippen LogP contribution in [-0.4, -0.2) is 126 Å². The number of hydrogen-bond acceptors (Lipinski definition) is 14. The van der Waals surface area contributed by atoms with E-state index in [0.29, 0.717) is 0 Å². The lowest BCUT2D eigenvalue weighted by molar-refractivity contribution is -0.140. The van der Waals surface area contributed by atoms with Crippen molar-refractivity contribution in [1.29, 1.82) is 0 Å². The number of aliphatic hydroxyl groups excluding tert-OH is 2. The van der Waals surface area contributed by atoms with Crippen LogP contribution in [0.3, 0.4) is 0 Å². The molecule has 0 bridgehead atoms. The number of aliphatic hydroxyl groups is 2. The highest BCUT2D eigenvalue weighted by Crippen LogP contribution is 2.05. The molecule has 0 heterocycles. The number of carboxylic acids is 6. The van der Waals surface area contributed by atoms with Crippen LogP contribution in [-0.2, 0) is 28.8 Å². The molecule has 0 aromatic rings. The minimum absolute atomic E-state index is 0.0208. The van der Waals surface area contributed by atoms with Crippen molar-refractivity contribution in [3.05, 3.63) is 0 Å². The molecule has 20 nitrogen and oxygen atoms in total. The molecule has 0 aliphatic heterocycles. The van der Waals surface area contributed by atoms with E-state index in [1.165, 1.54) is 0 Å². The fourth-order valence-corrected chi connectivity index (χ4v) is 1.72. The number of rotatable bonds is 14. The molecule has 0 aromatic carbocycles. The number of aliphatic carboxylic acids is 6. The first kappa shape index (κ1) is 56.8. The molecule has 0 aliphatic rings. The van der Waals surface area contributed by atoms with Crippen LogP contribution >= 0.6 is 0 Å². The fourth-order valence-electron chi connectivity index (χ4n) is 1.72. The van der Waals surface area contributed by atoms with Gasteiger partial charge in [0.2, 0.25) is 0 Å². The highest BCUT2D eigenvalue weighted by Gasteiger charge is 2.18. The summed E-state index contributed by atoms with van der Waals surface area (Å²) in [5.41, 5.74) is 30.4. The minimum atomic E-state index is -1.18. The monoisotopic (exact) mass is 706 g/mol. The molecule has 0 spiro atoms. The van der Waals surface area contributed by atoms with E-state index in [9.17, 15) is 28.8 Å². The van der Waals surface area contributed by atoms with Crippen molar-refractivity contribution < 1.29 is 69.6 Å². The SMILES string of the molecule is CC(C)[C@@H](N)C(=O)O.CC(C)[C@H](N)C(=O)O.CC[C@@H](C)[C@@H](N)C(=O)O.CC[C@H](C)[C@H](N)C(=O)O.NC(CO)C(=O)O.N[C@@H](CO)C(=O)O. The van der Waals surface area contributed by atoms with Crippen LogP contribution in [0, 0.1) is 23.7 Å². The Hall–Kier alpha value is -3.50. The summed E-state index contributed by atoms with van der Waals surface area (Å²) in [5.74, 6) is -5.86. The summed E-state index contributed by atoms with van der Waals surface area (Å²) >= 11 is 0. The second kappa shape index (κ2) is 33.4. The smallest absolute Gasteiger partial charge is 0.322 e. The average Bonchev–Trinajstić information content (AvgIpc) is 3.02.